The fraction of sp³-hybridized carbons (Fsp3) is 0.941. The van der Waals surface area contributed by atoms with Crippen molar-refractivity contribution < 1.29 is 9.90 Å². The third kappa shape index (κ3) is 3.97. The van der Waals surface area contributed by atoms with Crippen molar-refractivity contribution in [2.75, 3.05) is 6.54 Å². The number of aliphatic hydroxyl groups excluding tert-OH is 1. The molecule has 3 unspecified atom stereocenters. The number of aliphatic hydroxyl groups is 1. The van der Waals surface area contributed by atoms with Crippen LogP contribution in [0.3, 0.4) is 0 Å². The number of carbonyl (C=O) groups is 1. The van der Waals surface area contributed by atoms with Gasteiger partial charge in [0.25, 0.3) is 0 Å². The second-order valence-corrected chi connectivity index (χ2v) is 6.62. The molecule has 0 bridgehead atoms. The molecular weight excluding hydrogens is 250 g/mol. The van der Waals surface area contributed by atoms with E-state index in [0.717, 1.165) is 45.1 Å². The van der Waals surface area contributed by atoms with Crippen LogP contribution >= 0.6 is 0 Å². The smallest absolute Gasteiger partial charge is 0.222 e. The van der Waals surface area contributed by atoms with Crippen LogP contribution in [-0.4, -0.2) is 34.6 Å². The molecule has 20 heavy (non-hydrogen) atoms. The summed E-state index contributed by atoms with van der Waals surface area (Å²) >= 11 is 0. The van der Waals surface area contributed by atoms with Crippen molar-refractivity contribution in [2.24, 2.45) is 5.92 Å². The molecule has 3 heteroatoms. The molecule has 2 fully saturated rings. The third-order valence-corrected chi connectivity index (χ3v) is 5.14. The van der Waals surface area contributed by atoms with Gasteiger partial charge in [-0.2, -0.15) is 0 Å². The molecular formula is C17H31NO2. The summed E-state index contributed by atoms with van der Waals surface area (Å²) in [5.41, 5.74) is 0. The highest BCUT2D eigenvalue weighted by atomic mass is 16.3. The molecule has 1 saturated heterocycles. The molecule has 0 aromatic rings. The first-order valence-electron chi connectivity index (χ1n) is 8.71. The first-order valence-corrected chi connectivity index (χ1v) is 8.71. The summed E-state index contributed by atoms with van der Waals surface area (Å²) in [6.45, 7) is 3.12. The van der Waals surface area contributed by atoms with Gasteiger partial charge in [0.05, 0.1) is 6.10 Å². The molecule has 116 valence electrons. The Labute approximate surface area is 123 Å². The standard InChI is InChI=1S/C17H31NO2/c1-2-3-4-5-12-17(20)18-13-7-6-10-15(18)14-9-8-11-16(14)19/h14-16,19H,2-13H2,1H3. The second kappa shape index (κ2) is 8.02. The van der Waals surface area contributed by atoms with Gasteiger partial charge in [-0.3, -0.25) is 4.79 Å². The van der Waals surface area contributed by atoms with Crippen LogP contribution in [0.25, 0.3) is 0 Å². The number of amides is 1. The van der Waals surface area contributed by atoms with Gasteiger partial charge in [0.15, 0.2) is 0 Å². The van der Waals surface area contributed by atoms with Gasteiger partial charge in [-0.25, -0.2) is 0 Å². The predicted molar refractivity (Wildman–Crippen MR) is 81.5 cm³/mol. The highest BCUT2D eigenvalue weighted by molar-refractivity contribution is 5.76. The Morgan fingerprint density at radius 3 is 2.65 bits per heavy atom. The number of hydrogen-bond acceptors (Lipinski definition) is 2. The lowest BCUT2D eigenvalue weighted by molar-refractivity contribution is -0.137. The number of rotatable bonds is 6. The minimum Gasteiger partial charge on any atom is -0.393 e. The Morgan fingerprint density at radius 1 is 1.10 bits per heavy atom. The van der Waals surface area contributed by atoms with E-state index in [1.165, 1.54) is 25.7 Å². The maximum Gasteiger partial charge on any atom is 0.222 e. The van der Waals surface area contributed by atoms with Gasteiger partial charge in [-0.05, 0) is 38.5 Å². The van der Waals surface area contributed by atoms with E-state index in [2.05, 4.69) is 11.8 Å². The van der Waals surface area contributed by atoms with Gasteiger partial charge < -0.3 is 10.0 Å². The molecule has 2 aliphatic rings. The molecule has 1 heterocycles. The maximum absolute atomic E-state index is 12.5. The van der Waals surface area contributed by atoms with Crippen LogP contribution in [0.2, 0.25) is 0 Å². The number of carbonyl (C=O) groups excluding carboxylic acids is 1. The van der Waals surface area contributed by atoms with Crippen LogP contribution in [0.15, 0.2) is 0 Å². The zero-order valence-electron chi connectivity index (χ0n) is 13.0. The topological polar surface area (TPSA) is 40.5 Å². The van der Waals surface area contributed by atoms with Crippen LogP contribution in [-0.2, 0) is 4.79 Å². The van der Waals surface area contributed by atoms with Crippen LogP contribution in [0.1, 0.15) is 77.6 Å². The van der Waals surface area contributed by atoms with Gasteiger partial charge >= 0.3 is 0 Å². The molecule has 3 nitrogen and oxygen atoms in total. The largest absolute Gasteiger partial charge is 0.393 e. The normalized spacial score (nSPS) is 30.7. The molecule has 0 aromatic heterocycles. The van der Waals surface area contributed by atoms with E-state index in [9.17, 15) is 9.90 Å². The lowest BCUT2D eigenvalue weighted by Gasteiger charge is -2.40. The lowest BCUT2D eigenvalue weighted by Crippen LogP contribution is -2.49. The van der Waals surface area contributed by atoms with Crippen LogP contribution in [0.4, 0.5) is 0 Å². The van der Waals surface area contributed by atoms with Crippen molar-refractivity contribution in [2.45, 2.75) is 89.7 Å². The Morgan fingerprint density at radius 2 is 1.95 bits per heavy atom. The highest BCUT2D eigenvalue weighted by Gasteiger charge is 2.38. The van der Waals surface area contributed by atoms with Crippen molar-refractivity contribution in [3.63, 3.8) is 0 Å². The molecule has 1 aliphatic heterocycles. The molecule has 1 saturated carbocycles. The van der Waals surface area contributed by atoms with E-state index in [1.54, 1.807) is 0 Å². The molecule has 1 amide bonds. The van der Waals surface area contributed by atoms with Crippen molar-refractivity contribution in [3.05, 3.63) is 0 Å². The van der Waals surface area contributed by atoms with Crippen LogP contribution < -0.4 is 0 Å². The highest BCUT2D eigenvalue weighted by Crippen LogP contribution is 2.35. The average molecular weight is 281 g/mol. The molecule has 1 aliphatic carbocycles. The monoisotopic (exact) mass is 281 g/mol. The predicted octanol–water partition coefficient (Wildman–Crippen LogP) is 3.50. The number of nitrogens with zero attached hydrogens (tertiary/aromatic N) is 1. The lowest BCUT2D eigenvalue weighted by atomic mass is 9.87. The van der Waals surface area contributed by atoms with E-state index >= 15 is 0 Å². The van der Waals surface area contributed by atoms with Crippen LogP contribution in [0, 0.1) is 5.92 Å². The Bertz CT molecular complexity index is 305. The summed E-state index contributed by atoms with van der Waals surface area (Å²) in [5, 5.41) is 10.1. The fourth-order valence-corrected chi connectivity index (χ4v) is 3.98. The van der Waals surface area contributed by atoms with Gasteiger partial charge in [-0.1, -0.05) is 32.6 Å². The SMILES string of the molecule is CCCCCCC(=O)N1CCCCC1C1CCCC1O. The van der Waals surface area contributed by atoms with Crippen molar-refractivity contribution in [1.82, 2.24) is 4.90 Å². The summed E-state index contributed by atoms with van der Waals surface area (Å²) in [7, 11) is 0. The average Bonchev–Trinajstić information content (AvgIpc) is 2.89. The number of hydrogen-bond donors (Lipinski definition) is 1. The van der Waals surface area contributed by atoms with Gasteiger partial charge in [0, 0.05) is 24.9 Å². The van der Waals surface area contributed by atoms with E-state index < -0.39 is 0 Å². The van der Waals surface area contributed by atoms with Crippen molar-refractivity contribution >= 4 is 5.91 Å². The quantitative estimate of drug-likeness (QED) is 0.757. The van der Waals surface area contributed by atoms with Crippen molar-refractivity contribution in [3.8, 4) is 0 Å². The number of likely N-dealkylation sites (tertiary alicyclic amines) is 1. The Hall–Kier alpha value is -0.570. The summed E-state index contributed by atoms with van der Waals surface area (Å²) in [4.78, 5) is 14.6. The summed E-state index contributed by atoms with van der Waals surface area (Å²) in [5.74, 6) is 0.680. The summed E-state index contributed by atoms with van der Waals surface area (Å²) < 4.78 is 0. The molecule has 1 N–H and O–H groups in total. The minimum atomic E-state index is -0.173. The van der Waals surface area contributed by atoms with E-state index in [0.29, 0.717) is 24.3 Å². The van der Waals surface area contributed by atoms with Gasteiger partial charge in [0.1, 0.15) is 0 Å². The molecule has 0 aromatic carbocycles. The van der Waals surface area contributed by atoms with E-state index in [1.807, 2.05) is 0 Å². The third-order valence-electron chi connectivity index (χ3n) is 5.14. The molecule has 2 rings (SSSR count). The molecule has 0 spiro atoms. The van der Waals surface area contributed by atoms with E-state index in [4.69, 9.17) is 0 Å². The molecule has 0 radical (unpaired) electrons. The summed E-state index contributed by atoms with van der Waals surface area (Å²) in [6, 6.07) is 0.319. The van der Waals surface area contributed by atoms with Gasteiger partial charge in [0.2, 0.25) is 5.91 Å². The van der Waals surface area contributed by atoms with Gasteiger partial charge in [-0.15, -0.1) is 0 Å². The first kappa shape index (κ1) is 15.8. The van der Waals surface area contributed by atoms with Crippen LogP contribution in [0.5, 0.6) is 0 Å². The van der Waals surface area contributed by atoms with Crippen molar-refractivity contribution in [1.29, 1.82) is 0 Å². The Balaban J connectivity index is 1.87. The zero-order chi connectivity index (χ0) is 14.4. The second-order valence-electron chi connectivity index (χ2n) is 6.62. The number of unbranched alkanes of at least 4 members (excludes halogenated alkanes) is 3. The van der Waals surface area contributed by atoms with E-state index in [-0.39, 0.29) is 6.10 Å². The molecule has 3 atom stereocenters. The fourth-order valence-electron chi connectivity index (χ4n) is 3.98. The first-order chi connectivity index (χ1) is 9.74. The summed E-state index contributed by atoms with van der Waals surface area (Å²) in [6.07, 6.45) is 11.8. The Kier molecular flexibility index (Phi) is 6.34. The minimum absolute atomic E-state index is 0.173. The maximum atomic E-state index is 12.5. The zero-order valence-corrected chi connectivity index (χ0v) is 13.0. The number of piperidine rings is 1.